The zero-order valence-corrected chi connectivity index (χ0v) is 11.1. The number of nitrogens with zero attached hydrogens (tertiary/aromatic N) is 2. The van der Waals surface area contributed by atoms with Gasteiger partial charge in [0.05, 0.1) is 17.6 Å². The third-order valence-electron chi connectivity index (χ3n) is 4.23. The Kier molecular flexibility index (Phi) is 3.68. The fourth-order valence-corrected chi connectivity index (χ4v) is 2.90. The number of aliphatic hydroxyl groups is 1. The molecule has 2 rings (SSSR count). The fourth-order valence-electron chi connectivity index (χ4n) is 2.90. The molecule has 18 heavy (non-hydrogen) atoms. The van der Waals surface area contributed by atoms with Gasteiger partial charge in [-0.3, -0.25) is 4.98 Å². The van der Waals surface area contributed by atoms with E-state index in [0.717, 1.165) is 36.9 Å². The van der Waals surface area contributed by atoms with Crippen LogP contribution in [0.1, 0.15) is 50.0 Å². The first kappa shape index (κ1) is 13.0. The van der Waals surface area contributed by atoms with Gasteiger partial charge in [-0.2, -0.15) is 5.26 Å². The Bertz CT molecular complexity index is 449. The number of aliphatic hydroxyl groups excluding tert-OH is 1. The summed E-state index contributed by atoms with van der Waals surface area (Å²) in [5.74, 6) is 0.567. The number of nitriles is 1. The highest BCUT2D eigenvalue weighted by Crippen LogP contribution is 2.50. The molecule has 1 aromatic heterocycles. The van der Waals surface area contributed by atoms with E-state index in [1.54, 1.807) is 6.20 Å². The van der Waals surface area contributed by atoms with Crippen LogP contribution in [-0.4, -0.2) is 10.1 Å². The minimum atomic E-state index is -0.716. The van der Waals surface area contributed by atoms with Crippen LogP contribution in [0.25, 0.3) is 0 Å². The van der Waals surface area contributed by atoms with E-state index in [9.17, 15) is 10.4 Å². The Labute approximate surface area is 108 Å². The summed E-state index contributed by atoms with van der Waals surface area (Å²) < 4.78 is 0. The molecule has 3 nitrogen and oxygen atoms in total. The van der Waals surface area contributed by atoms with Crippen molar-refractivity contribution in [3.63, 3.8) is 0 Å². The molecule has 0 saturated heterocycles. The van der Waals surface area contributed by atoms with Gasteiger partial charge >= 0.3 is 0 Å². The number of pyridine rings is 1. The molecule has 1 fully saturated rings. The van der Waals surface area contributed by atoms with Crippen LogP contribution >= 0.6 is 0 Å². The Morgan fingerprint density at radius 2 is 2.39 bits per heavy atom. The molecule has 3 heteroatoms. The van der Waals surface area contributed by atoms with Crippen molar-refractivity contribution in [2.45, 2.75) is 45.6 Å². The maximum absolute atomic E-state index is 10.5. The van der Waals surface area contributed by atoms with Crippen LogP contribution in [0.3, 0.4) is 0 Å². The standard InChI is InChI=1S/C15H20N2O/c1-3-12-6-7-15(8-12,10-16)14(18)13-5-4-11(2)17-9-13/h4-5,9,12,14,18H,3,6-8H2,1-2H3. The van der Waals surface area contributed by atoms with Crippen molar-refractivity contribution < 1.29 is 5.11 Å². The third-order valence-corrected chi connectivity index (χ3v) is 4.23. The molecular weight excluding hydrogens is 224 g/mol. The topological polar surface area (TPSA) is 56.9 Å². The summed E-state index contributed by atoms with van der Waals surface area (Å²) in [6, 6.07) is 6.14. The molecule has 0 aromatic carbocycles. The van der Waals surface area contributed by atoms with Gasteiger partial charge in [0.1, 0.15) is 0 Å². The zero-order chi connectivity index (χ0) is 13.2. The summed E-state index contributed by atoms with van der Waals surface area (Å²) in [6.45, 7) is 4.07. The Hall–Kier alpha value is -1.40. The number of aryl methyl sites for hydroxylation is 1. The first-order valence-electron chi connectivity index (χ1n) is 6.63. The van der Waals surface area contributed by atoms with Gasteiger partial charge in [-0.25, -0.2) is 0 Å². The van der Waals surface area contributed by atoms with Gasteiger partial charge in [0.25, 0.3) is 0 Å². The van der Waals surface area contributed by atoms with E-state index in [1.807, 2.05) is 19.1 Å². The van der Waals surface area contributed by atoms with Crippen LogP contribution in [0.4, 0.5) is 0 Å². The smallest absolute Gasteiger partial charge is 0.0991 e. The van der Waals surface area contributed by atoms with Gasteiger partial charge in [-0.15, -0.1) is 0 Å². The van der Waals surface area contributed by atoms with Gasteiger partial charge in [0.2, 0.25) is 0 Å². The van der Waals surface area contributed by atoms with E-state index in [0.29, 0.717) is 5.92 Å². The van der Waals surface area contributed by atoms with Crippen molar-refractivity contribution in [2.75, 3.05) is 0 Å². The van der Waals surface area contributed by atoms with Crippen molar-refractivity contribution in [1.29, 1.82) is 5.26 Å². The van der Waals surface area contributed by atoms with E-state index in [-0.39, 0.29) is 0 Å². The van der Waals surface area contributed by atoms with Crippen molar-refractivity contribution >= 4 is 0 Å². The van der Waals surface area contributed by atoms with Crippen molar-refractivity contribution in [3.8, 4) is 6.07 Å². The quantitative estimate of drug-likeness (QED) is 0.888. The largest absolute Gasteiger partial charge is 0.387 e. The summed E-state index contributed by atoms with van der Waals surface area (Å²) >= 11 is 0. The average Bonchev–Trinajstić information content (AvgIpc) is 2.84. The molecule has 3 unspecified atom stereocenters. The molecule has 0 bridgehead atoms. The predicted octanol–water partition coefficient (Wildman–Crippen LogP) is 3.14. The van der Waals surface area contributed by atoms with Crippen LogP contribution in [-0.2, 0) is 0 Å². The van der Waals surface area contributed by atoms with Crippen LogP contribution in [0, 0.1) is 29.6 Å². The first-order valence-corrected chi connectivity index (χ1v) is 6.63. The van der Waals surface area contributed by atoms with E-state index < -0.39 is 11.5 Å². The van der Waals surface area contributed by atoms with Crippen molar-refractivity contribution in [2.24, 2.45) is 11.3 Å². The molecule has 1 aromatic rings. The highest BCUT2D eigenvalue weighted by atomic mass is 16.3. The van der Waals surface area contributed by atoms with E-state index in [2.05, 4.69) is 18.0 Å². The SMILES string of the molecule is CCC1CCC(C#N)(C(O)c2ccc(C)nc2)C1. The lowest BCUT2D eigenvalue weighted by Crippen LogP contribution is -2.24. The fraction of sp³-hybridized carbons (Fsp3) is 0.600. The Balaban J connectivity index is 2.24. The highest BCUT2D eigenvalue weighted by Gasteiger charge is 2.45. The van der Waals surface area contributed by atoms with Gasteiger partial charge in [-0.1, -0.05) is 19.4 Å². The summed E-state index contributed by atoms with van der Waals surface area (Å²) in [6.07, 6.45) is 4.69. The summed E-state index contributed by atoms with van der Waals surface area (Å²) in [7, 11) is 0. The maximum Gasteiger partial charge on any atom is 0.0991 e. The van der Waals surface area contributed by atoms with Crippen molar-refractivity contribution in [1.82, 2.24) is 4.98 Å². The molecule has 1 N–H and O–H groups in total. The Morgan fingerprint density at radius 1 is 1.61 bits per heavy atom. The first-order chi connectivity index (χ1) is 8.61. The minimum Gasteiger partial charge on any atom is -0.387 e. The van der Waals surface area contributed by atoms with Crippen LogP contribution < -0.4 is 0 Å². The van der Waals surface area contributed by atoms with Crippen LogP contribution in [0.2, 0.25) is 0 Å². The van der Waals surface area contributed by atoms with Gasteiger partial charge in [0, 0.05) is 17.5 Å². The van der Waals surface area contributed by atoms with Gasteiger partial charge in [-0.05, 0) is 38.2 Å². The zero-order valence-electron chi connectivity index (χ0n) is 11.1. The molecular formula is C15H20N2O. The highest BCUT2D eigenvalue weighted by molar-refractivity contribution is 5.22. The molecule has 0 aliphatic heterocycles. The number of hydrogen-bond acceptors (Lipinski definition) is 3. The lowest BCUT2D eigenvalue weighted by atomic mass is 9.78. The maximum atomic E-state index is 10.5. The van der Waals surface area contributed by atoms with Crippen LogP contribution in [0.5, 0.6) is 0 Å². The summed E-state index contributed by atoms with van der Waals surface area (Å²) in [5, 5.41) is 20.0. The van der Waals surface area contributed by atoms with E-state index in [1.165, 1.54) is 0 Å². The summed E-state index contributed by atoms with van der Waals surface area (Å²) in [4.78, 5) is 4.21. The molecule has 96 valence electrons. The molecule has 1 heterocycles. The van der Waals surface area contributed by atoms with Crippen molar-refractivity contribution in [3.05, 3.63) is 29.6 Å². The number of rotatable bonds is 3. The van der Waals surface area contributed by atoms with Crippen LogP contribution in [0.15, 0.2) is 18.3 Å². The normalized spacial score (nSPS) is 28.9. The molecule has 0 amide bonds. The monoisotopic (exact) mass is 244 g/mol. The minimum absolute atomic E-state index is 0.567. The number of aromatic nitrogens is 1. The molecule has 3 atom stereocenters. The second-order valence-corrected chi connectivity index (χ2v) is 5.42. The third kappa shape index (κ3) is 2.26. The molecule has 0 radical (unpaired) electrons. The molecule has 0 spiro atoms. The molecule has 1 saturated carbocycles. The Morgan fingerprint density at radius 3 is 2.89 bits per heavy atom. The van der Waals surface area contributed by atoms with Gasteiger partial charge < -0.3 is 5.11 Å². The van der Waals surface area contributed by atoms with Gasteiger partial charge in [0.15, 0.2) is 0 Å². The lowest BCUT2D eigenvalue weighted by Gasteiger charge is -2.27. The number of hydrogen-bond donors (Lipinski definition) is 1. The predicted molar refractivity (Wildman–Crippen MR) is 69.6 cm³/mol. The molecule has 1 aliphatic rings. The van der Waals surface area contributed by atoms with E-state index in [4.69, 9.17) is 0 Å². The average molecular weight is 244 g/mol. The second kappa shape index (κ2) is 5.07. The lowest BCUT2D eigenvalue weighted by molar-refractivity contribution is 0.0638. The molecule has 1 aliphatic carbocycles. The second-order valence-electron chi connectivity index (χ2n) is 5.42. The van der Waals surface area contributed by atoms with E-state index >= 15 is 0 Å². The summed E-state index contributed by atoms with van der Waals surface area (Å²) in [5.41, 5.74) is 1.08.